The summed E-state index contributed by atoms with van der Waals surface area (Å²) in [5, 5.41) is 2.44. The van der Waals surface area contributed by atoms with E-state index in [0.29, 0.717) is 12.8 Å². The van der Waals surface area contributed by atoms with Gasteiger partial charge in [-0.1, -0.05) is 56.5 Å². The molecule has 27 heavy (non-hydrogen) atoms. The summed E-state index contributed by atoms with van der Waals surface area (Å²) in [7, 11) is 0. The molecule has 0 spiro atoms. The zero-order valence-electron chi connectivity index (χ0n) is 15.8. The van der Waals surface area contributed by atoms with Crippen LogP contribution in [0.3, 0.4) is 0 Å². The second kappa shape index (κ2) is 10.6. The van der Waals surface area contributed by atoms with Crippen molar-refractivity contribution in [3.05, 3.63) is 35.7 Å². The Kier molecular flexibility index (Phi) is 9.16. The van der Waals surface area contributed by atoms with E-state index in [2.05, 4.69) is 24.2 Å². The van der Waals surface area contributed by atoms with Gasteiger partial charge in [-0.3, -0.25) is 9.59 Å². The van der Waals surface area contributed by atoms with Gasteiger partial charge in [0.1, 0.15) is 11.5 Å². The van der Waals surface area contributed by atoms with Gasteiger partial charge in [0.05, 0.1) is 11.1 Å². The third-order valence-corrected chi connectivity index (χ3v) is 5.15. The molecule has 2 amide bonds. The summed E-state index contributed by atoms with van der Waals surface area (Å²) in [6.07, 6.45) is 6.87. The lowest BCUT2D eigenvalue weighted by molar-refractivity contribution is -0.126. The lowest BCUT2D eigenvalue weighted by Gasteiger charge is -2.33. The highest BCUT2D eigenvalue weighted by Gasteiger charge is 2.45. The van der Waals surface area contributed by atoms with Crippen LogP contribution in [-0.2, 0) is 9.59 Å². The number of hydrogen-bond acceptors (Lipinski definition) is 2. The number of carbonyl (C=O) groups excluding carboxylic acids is 2. The summed E-state index contributed by atoms with van der Waals surface area (Å²) in [6, 6.07) is -1.06. The number of nitrogens with one attached hydrogen (secondary N) is 1. The summed E-state index contributed by atoms with van der Waals surface area (Å²) in [6.45, 7) is 8.24. The lowest BCUT2D eigenvalue weighted by atomic mass is 9.87. The molecule has 0 aliphatic heterocycles. The highest BCUT2D eigenvalue weighted by molar-refractivity contribution is 6.31. The SMILES string of the molecule is C=C/C(=C(/F)C(=C)Cl)[C@@H](NC(=O)C1CCCC1)C1(F)CCCC1.CC(N)=O. The van der Waals surface area contributed by atoms with Crippen LogP contribution < -0.4 is 11.1 Å². The summed E-state index contributed by atoms with van der Waals surface area (Å²) >= 11 is 5.65. The fourth-order valence-electron chi connectivity index (χ4n) is 3.68. The monoisotopic (exact) mass is 402 g/mol. The van der Waals surface area contributed by atoms with Gasteiger partial charge < -0.3 is 11.1 Å². The predicted molar refractivity (Wildman–Crippen MR) is 104 cm³/mol. The van der Waals surface area contributed by atoms with Gasteiger partial charge in [0.25, 0.3) is 0 Å². The van der Waals surface area contributed by atoms with E-state index in [1.807, 2.05) is 0 Å². The summed E-state index contributed by atoms with van der Waals surface area (Å²) in [5.74, 6) is -1.46. The van der Waals surface area contributed by atoms with E-state index in [1.54, 1.807) is 0 Å². The van der Waals surface area contributed by atoms with Crippen molar-refractivity contribution in [2.75, 3.05) is 0 Å². The van der Waals surface area contributed by atoms with Gasteiger partial charge in [-0.15, -0.1) is 0 Å². The van der Waals surface area contributed by atoms with Crippen molar-refractivity contribution in [2.45, 2.75) is 70.0 Å². The number of halogens is 3. The standard InChI is InChI=1S/C18H24ClF2NO.C2H5NO/c1-3-14(15(20)12(2)19)16(18(21)10-6-7-11-18)22-17(23)13-8-4-5-9-13;1-2(3)4/h3,13,16H,1-2,4-11H2,(H,22,23);1H3,(H2,3,4)/b15-14-;/t16-;/m1./s1. The van der Waals surface area contributed by atoms with Crippen LogP contribution >= 0.6 is 11.6 Å². The van der Waals surface area contributed by atoms with Gasteiger partial charge in [0.15, 0.2) is 0 Å². The van der Waals surface area contributed by atoms with Crippen molar-refractivity contribution in [3.63, 3.8) is 0 Å². The molecule has 2 aliphatic rings. The molecule has 2 fully saturated rings. The van der Waals surface area contributed by atoms with Gasteiger partial charge in [0.2, 0.25) is 11.8 Å². The third-order valence-electron chi connectivity index (χ3n) is 4.99. The molecule has 0 aromatic heterocycles. The molecule has 4 nitrogen and oxygen atoms in total. The molecule has 2 saturated carbocycles. The normalized spacial score (nSPS) is 20.7. The van der Waals surface area contributed by atoms with Gasteiger partial charge in [-0.25, -0.2) is 8.78 Å². The van der Waals surface area contributed by atoms with Crippen molar-refractivity contribution in [1.82, 2.24) is 5.32 Å². The van der Waals surface area contributed by atoms with E-state index in [4.69, 9.17) is 11.6 Å². The van der Waals surface area contributed by atoms with E-state index in [-0.39, 0.29) is 28.3 Å². The fourth-order valence-corrected chi connectivity index (χ4v) is 3.79. The first kappa shape index (κ1) is 23.3. The number of amides is 2. The fraction of sp³-hybridized carbons (Fsp3) is 0.600. The summed E-state index contributed by atoms with van der Waals surface area (Å²) < 4.78 is 29.7. The molecule has 0 aromatic rings. The first-order chi connectivity index (χ1) is 12.6. The van der Waals surface area contributed by atoms with Crippen molar-refractivity contribution < 1.29 is 18.4 Å². The van der Waals surface area contributed by atoms with Gasteiger partial charge >= 0.3 is 0 Å². The number of carbonyl (C=O) groups is 2. The van der Waals surface area contributed by atoms with Gasteiger partial charge in [-0.05, 0) is 25.7 Å². The molecule has 0 saturated heterocycles. The quantitative estimate of drug-likeness (QED) is 0.637. The molecule has 2 rings (SSSR count). The third kappa shape index (κ3) is 6.76. The molecule has 0 radical (unpaired) electrons. The Morgan fingerprint density at radius 2 is 1.74 bits per heavy atom. The molecule has 2 aliphatic carbocycles. The number of rotatable bonds is 6. The Balaban J connectivity index is 0.000000828. The number of hydrogen-bond donors (Lipinski definition) is 2. The Bertz CT molecular complexity index is 603. The highest BCUT2D eigenvalue weighted by atomic mass is 35.5. The molecular weight excluding hydrogens is 374 g/mol. The highest BCUT2D eigenvalue weighted by Crippen LogP contribution is 2.41. The van der Waals surface area contributed by atoms with Crippen molar-refractivity contribution in [3.8, 4) is 0 Å². The lowest BCUT2D eigenvalue weighted by Crippen LogP contribution is -2.51. The second-order valence-corrected chi connectivity index (χ2v) is 7.61. The topological polar surface area (TPSA) is 72.2 Å². The predicted octanol–water partition coefficient (Wildman–Crippen LogP) is 4.60. The molecular formula is C20H29ClF2N2O2. The Morgan fingerprint density at radius 3 is 2.15 bits per heavy atom. The van der Waals surface area contributed by atoms with Crippen LogP contribution in [0.4, 0.5) is 8.78 Å². The zero-order valence-corrected chi connectivity index (χ0v) is 16.6. The first-order valence-electron chi connectivity index (χ1n) is 9.24. The first-order valence-corrected chi connectivity index (χ1v) is 9.62. The molecule has 1 atom stereocenters. The van der Waals surface area contributed by atoms with Crippen molar-refractivity contribution in [1.29, 1.82) is 0 Å². The van der Waals surface area contributed by atoms with Crippen LogP contribution in [0.1, 0.15) is 58.3 Å². The van der Waals surface area contributed by atoms with Crippen LogP contribution in [0.15, 0.2) is 35.7 Å². The summed E-state index contributed by atoms with van der Waals surface area (Å²) in [4.78, 5) is 21.7. The number of alkyl halides is 1. The van der Waals surface area contributed by atoms with Gasteiger partial charge in [-0.2, -0.15) is 0 Å². The minimum absolute atomic E-state index is 0.0132. The van der Waals surface area contributed by atoms with Crippen molar-refractivity contribution in [2.24, 2.45) is 11.7 Å². The maximum absolute atomic E-state index is 15.3. The summed E-state index contributed by atoms with van der Waals surface area (Å²) in [5.41, 5.74) is 2.79. The van der Waals surface area contributed by atoms with Crippen molar-refractivity contribution >= 4 is 23.4 Å². The van der Waals surface area contributed by atoms with E-state index in [0.717, 1.165) is 38.5 Å². The van der Waals surface area contributed by atoms with Gasteiger partial charge in [0, 0.05) is 18.4 Å². The largest absolute Gasteiger partial charge is 0.370 e. The molecule has 0 aromatic carbocycles. The molecule has 0 unspecified atom stereocenters. The average Bonchev–Trinajstić information content (AvgIpc) is 3.26. The second-order valence-electron chi connectivity index (χ2n) is 7.15. The maximum Gasteiger partial charge on any atom is 0.223 e. The Morgan fingerprint density at radius 1 is 1.26 bits per heavy atom. The van der Waals surface area contributed by atoms with Crippen LogP contribution in [0.5, 0.6) is 0 Å². The molecule has 3 N–H and O–H groups in total. The smallest absolute Gasteiger partial charge is 0.223 e. The van der Waals surface area contributed by atoms with E-state index < -0.39 is 17.5 Å². The van der Waals surface area contributed by atoms with Crippen LogP contribution in [-0.4, -0.2) is 23.5 Å². The zero-order chi connectivity index (χ0) is 20.6. The number of primary amides is 1. The minimum atomic E-state index is -1.67. The molecule has 7 heteroatoms. The van der Waals surface area contributed by atoms with Crippen LogP contribution in [0, 0.1) is 5.92 Å². The maximum atomic E-state index is 15.3. The average molecular weight is 403 g/mol. The molecule has 0 bridgehead atoms. The van der Waals surface area contributed by atoms with E-state index in [9.17, 15) is 14.0 Å². The Hall–Kier alpha value is -1.69. The van der Waals surface area contributed by atoms with Crippen LogP contribution in [0.25, 0.3) is 0 Å². The number of nitrogens with two attached hydrogens (primary N) is 1. The van der Waals surface area contributed by atoms with E-state index >= 15 is 4.39 Å². The molecule has 152 valence electrons. The van der Waals surface area contributed by atoms with E-state index in [1.165, 1.54) is 13.0 Å². The minimum Gasteiger partial charge on any atom is -0.370 e. The Labute approximate surface area is 164 Å². The molecule has 0 heterocycles. The number of allylic oxidation sites excluding steroid dienone is 2. The van der Waals surface area contributed by atoms with Crippen LogP contribution in [0.2, 0.25) is 0 Å².